The molecule has 0 aliphatic carbocycles. The molecule has 16 heavy (non-hydrogen) atoms. The summed E-state index contributed by atoms with van der Waals surface area (Å²) in [6, 6.07) is 2.01. The highest BCUT2D eigenvalue weighted by atomic mass is 16.2. The first-order valence-corrected chi connectivity index (χ1v) is 5.45. The highest BCUT2D eigenvalue weighted by Gasteiger charge is 2.33. The number of hydrogen-bond acceptors (Lipinski definition) is 3. The molecule has 0 saturated heterocycles. The number of carbonyl (C=O) groups is 1. The van der Waals surface area contributed by atoms with Crippen LogP contribution in [0.15, 0.2) is 6.07 Å². The van der Waals surface area contributed by atoms with Gasteiger partial charge in [0.15, 0.2) is 0 Å². The highest BCUT2D eigenvalue weighted by molar-refractivity contribution is 5.77. The molecule has 0 saturated carbocycles. The van der Waals surface area contributed by atoms with Crippen molar-refractivity contribution in [1.29, 1.82) is 0 Å². The third-order valence-corrected chi connectivity index (χ3v) is 3.30. The van der Waals surface area contributed by atoms with Gasteiger partial charge < -0.3 is 10.2 Å². The monoisotopic (exact) mass is 222 g/mol. The van der Waals surface area contributed by atoms with Crippen molar-refractivity contribution in [2.75, 3.05) is 19.4 Å². The quantitative estimate of drug-likeness (QED) is 0.761. The summed E-state index contributed by atoms with van der Waals surface area (Å²) in [4.78, 5) is 13.7. The van der Waals surface area contributed by atoms with Crippen molar-refractivity contribution in [3.05, 3.63) is 11.8 Å². The zero-order valence-electron chi connectivity index (χ0n) is 10.2. The van der Waals surface area contributed by atoms with Crippen molar-refractivity contribution >= 4 is 11.7 Å². The first-order chi connectivity index (χ1) is 7.44. The summed E-state index contributed by atoms with van der Waals surface area (Å²) in [6.45, 7) is 4.48. The molecule has 0 unspecified atom stereocenters. The molecule has 1 aliphatic heterocycles. The number of carbonyl (C=O) groups excluding carboxylic acids is 1. The van der Waals surface area contributed by atoms with E-state index in [1.807, 2.05) is 20.2 Å². The second-order valence-corrected chi connectivity index (χ2v) is 4.87. The minimum absolute atomic E-state index is 0.106. The summed E-state index contributed by atoms with van der Waals surface area (Å²) in [5, 5.41) is 7.34. The van der Waals surface area contributed by atoms with Crippen molar-refractivity contribution in [3.8, 4) is 0 Å². The molecule has 2 rings (SSSR count). The van der Waals surface area contributed by atoms with Crippen LogP contribution in [-0.4, -0.2) is 40.2 Å². The smallest absolute Gasteiger partial charge is 0.244 e. The molecule has 1 amide bonds. The number of hydrogen-bond donors (Lipinski definition) is 1. The van der Waals surface area contributed by atoms with E-state index < -0.39 is 0 Å². The Labute approximate surface area is 95.4 Å². The third kappa shape index (κ3) is 1.66. The molecule has 0 fully saturated rings. The Balaban J connectivity index is 2.41. The lowest BCUT2D eigenvalue weighted by molar-refractivity contribution is -0.134. The van der Waals surface area contributed by atoms with E-state index in [4.69, 9.17) is 0 Å². The Morgan fingerprint density at radius 2 is 2.19 bits per heavy atom. The van der Waals surface area contributed by atoms with Crippen molar-refractivity contribution in [1.82, 2.24) is 14.7 Å². The zero-order chi connectivity index (χ0) is 11.9. The van der Waals surface area contributed by atoms with Crippen LogP contribution in [0.2, 0.25) is 0 Å². The summed E-state index contributed by atoms with van der Waals surface area (Å²) < 4.78 is 1.79. The summed E-state index contributed by atoms with van der Waals surface area (Å²) in [5.74, 6) is 0.928. The molecule has 1 N–H and O–H groups in total. The maximum absolute atomic E-state index is 11.9. The number of nitrogens with one attached hydrogen (secondary N) is 1. The summed E-state index contributed by atoms with van der Waals surface area (Å²) in [5.41, 5.74) is 0.947. The molecule has 1 aliphatic rings. The first kappa shape index (κ1) is 11.0. The molecule has 0 atom stereocenters. The van der Waals surface area contributed by atoms with E-state index in [9.17, 15) is 4.79 Å². The Bertz CT molecular complexity index is 422. The van der Waals surface area contributed by atoms with E-state index in [1.54, 1.807) is 9.58 Å². The molecule has 0 aromatic carbocycles. The third-order valence-electron chi connectivity index (χ3n) is 3.30. The average molecular weight is 222 g/mol. The van der Waals surface area contributed by atoms with Crippen molar-refractivity contribution in [2.45, 2.75) is 32.4 Å². The topological polar surface area (TPSA) is 50.2 Å². The molecule has 1 aromatic heterocycles. The van der Waals surface area contributed by atoms with Crippen molar-refractivity contribution in [2.24, 2.45) is 0 Å². The maximum atomic E-state index is 11.9. The molecule has 0 radical (unpaired) electrons. The largest absolute Gasteiger partial charge is 0.372 e. The molecule has 1 aromatic rings. The van der Waals surface area contributed by atoms with Gasteiger partial charge in [0.2, 0.25) is 5.91 Å². The fourth-order valence-corrected chi connectivity index (χ4v) is 1.99. The Morgan fingerprint density at radius 3 is 2.81 bits per heavy atom. The van der Waals surface area contributed by atoms with Crippen LogP contribution in [0.1, 0.15) is 19.5 Å². The van der Waals surface area contributed by atoms with E-state index in [0.29, 0.717) is 6.54 Å². The van der Waals surface area contributed by atoms with Gasteiger partial charge in [-0.05, 0) is 13.8 Å². The number of rotatable bonds is 1. The molecular weight excluding hydrogens is 204 g/mol. The molecule has 0 spiro atoms. The molecular formula is C11H18N4O. The minimum atomic E-state index is -0.156. The lowest BCUT2D eigenvalue weighted by atomic mass is 9.97. The van der Waals surface area contributed by atoms with Gasteiger partial charge in [-0.1, -0.05) is 0 Å². The Kier molecular flexibility index (Phi) is 2.40. The molecule has 2 heterocycles. The van der Waals surface area contributed by atoms with Gasteiger partial charge in [0.25, 0.3) is 0 Å². The number of likely N-dealkylation sites (N-methyl/N-ethyl adjacent to an activating group) is 1. The van der Waals surface area contributed by atoms with Crippen LogP contribution in [0.25, 0.3) is 0 Å². The van der Waals surface area contributed by atoms with Gasteiger partial charge in [-0.15, -0.1) is 0 Å². The normalized spacial score (nSPS) is 19.2. The van der Waals surface area contributed by atoms with Gasteiger partial charge in [-0.25, -0.2) is 0 Å². The summed E-state index contributed by atoms with van der Waals surface area (Å²) in [6.07, 6.45) is 0.823. The number of fused-ring (bicyclic) bond motifs is 1. The summed E-state index contributed by atoms with van der Waals surface area (Å²) in [7, 11) is 3.69. The van der Waals surface area contributed by atoms with E-state index >= 15 is 0 Å². The van der Waals surface area contributed by atoms with E-state index in [1.165, 1.54) is 0 Å². The predicted molar refractivity (Wildman–Crippen MR) is 62.3 cm³/mol. The van der Waals surface area contributed by atoms with Crippen LogP contribution < -0.4 is 5.32 Å². The van der Waals surface area contributed by atoms with Crippen LogP contribution in [0.4, 0.5) is 5.82 Å². The second-order valence-electron chi connectivity index (χ2n) is 4.87. The van der Waals surface area contributed by atoms with Gasteiger partial charge in [0.1, 0.15) is 12.4 Å². The molecule has 88 valence electrons. The van der Waals surface area contributed by atoms with E-state index in [0.717, 1.165) is 17.9 Å². The van der Waals surface area contributed by atoms with E-state index in [2.05, 4.69) is 24.3 Å². The standard InChI is InChI=1S/C11H18N4O/c1-11(2)6-8-5-9(12-3)13-15(8)7-10(16)14(11)4/h5H,6-7H2,1-4H3,(H,12,13). The van der Waals surface area contributed by atoms with Crippen LogP contribution >= 0.6 is 0 Å². The maximum Gasteiger partial charge on any atom is 0.244 e. The van der Waals surface area contributed by atoms with Gasteiger partial charge in [-0.2, -0.15) is 5.10 Å². The van der Waals surface area contributed by atoms with Crippen molar-refractivity contribution < 1.29 is 4.79 Å². The van der Waals surface area contributed by atoms with Crippen LogP contribution in [-0.2, 0) is 17.8 Å². The molecule has 5 nitrogen and oxygen atoms in total. The second kappa shape index (κ2) is 3.50. The SMILES string of the molecule is CNc1cc2n(n1)CC(=O)N(C)C(C)(C)C2. The highest BCUT2D eigenvalue weighted by Crippen LogP contribution is 2.24. The average Bonchev–Trinajstić information content (AvgIpc) is 2.55. The van der Waals surface area contributed by atoms with Gasteiger partial charge in [0.05, 0.1) is 0 Å². The Hall–Kier alpha value is -1.52. The summed E-state index contributed by atoms with van der Waals surface area (Å²) >= 11 is 0. The minimum Gasteiger partial charge on any atom is -0.372 e. The zero-order valence-corrected chi connectivity index (χ0v) is 10.2. The number of nitrogens with zero attached hydrogens (tertiary/aromatic N) is 3. The van der Waals surface area contributed by atoms with Gasteiger partial charge in [0, 0.05) is 37.8 Å². The van der Waals surface area contributed by atoms with Crippen molar-refractivity contribution in [3.63, 3.8) is 0 Å². The van der Waals surface area contributed by atoms with Crippen LogP contribution in [0.3, 0.4) is 0 Å². The molecule has 0 bridgehead atoms. The fraction of sp³-hybridized carbons (Fsp3) is 0.636. The number of amides is 1. The van der Waals surface area contributed by atoms with Gasteiger partial charge >= 0.3 is 0 Å². The van der Waals surface area contributed by atoms with Crippen LogP contribution in [0.5, 0.6) is 0 Å². The predicted octanol–water partition coefficient (Wildman–Crippen LogP) is 0.718. The lowest BCUT2D eigenvalue weighted by Crippen LogP contribution is -2.45. The van der Waals surface area contributed by atoms with Crippen LogP contribution in [0, 0.1) is 0 Å². The Morgan fingerprint density at radius 1 is 1.50 bits per heavy atom. The lowest BCUT2D eigenvalue weighted by Gasteiger charge is -2.33. The fourth-order valence-electron chi connectivity index (χ4n) is 1.99. The van der Waals surface area contributed by atoms with E-state index in [-0.39, 0.29) is 11.4 Å². The number of aromatic nitrogens is 2. The molecule has 5 heteroatoms. The number of anilines is 1. The first-order valence-electron chi connectivity index (χ1n) is 5.45. The van der Waals surface area contributed by atoms with Gasteiger partial charge in [-0.3, -0.25) is 9.48 Å².